The van der Waals surface area contributed by atoms with E-state index in [1.165, 1.54) is 12.1 Å². The maximum absolute atomic E-state index is 13.0. The zero-order valence-electron chi connectivity index (χ0n) is 10.4. The largest absolute Gasteiger partial charge is 0.387 e. The molecule has 0 fully saturated rings. The third-order valence-corrected chi connectivity index (χ3v) is 3.24. The number of halogens is 1. The van der Waals surface area contributed by atoms with Gasteiger partial charge in [0.05, 0.1) is 5.56 Å². The summed E-state index contributed by atoms with van der Waals surface area (Å²) in [5, 5.41) is 0. The number of hydrogen-bond acceptors (Lipinski definition) is 5. The van der Waals surface area contributed by atoms with Crippen molar-refractivity contribution in [1.29, 1.82) is 0 Å². The Labute approximate surface area is 113 Å². The summed E-state index contributed by atoms with van der Waals surface area (Å²) in [7, 11) is 0. The molecular formula is C13H12FN5O. The molecule has 1 atom stereocenters. The molecule has 0 radical (unpaired) electrons. The van der Waals surface area contributed by atoms with Gasteiger partial charge in [0.2, 0.25) is 5.95 Å². The summed E-state index contributed by atoms with van der Waals surface area (Å²) in [5.74, 6) is -0.0607. The third kappa shape index (κ3) is 2.03. The Bertz CT molecular complexity index is 750. The van der Waals surface area contributed by atoms with Crippen molar-refractivity contribution in [3.05, 3.63) is 51.6 Å². The van der Waals surface area contributed by atoms with E-state index < -0.39 is 0 Å². The number of nitrogen functional groups attached to an aromatic ring is 1. The number of rotatable bonds is 1. The van der Waals surface area contributed by atoms with Gasteiger partial charge in [-0.15, -0.1) is 0 Å². The van der Waals surface area contributed by atoms with Crippen molar-refractivity contribution in [3.8, 4) is 0 Å². The fourth-order valence-electron chi connectivity index (χ4n) is 2.36. The van der Waals surface area contributed by atoms with Gasteiger partial charge >= 0.3 is 0 Å². The minimum absolute atomic E-state index is 0.00921. The zero-order chi connectivity index (χ0) is 14.3. The first-order valence-corrected chi connectivity index (χ1v) is 6.03. The normalized spacial score (nSPS) is 17.4. The molecule has 102 valence electrons. The Morgan fingerprint density at radius 3 is 2.65 bits per heavy atom. The zero-order valence-corrected chi connectivity index (χ0v) is 10.4. The van der Waals surface area contributed by atoms with E-state index >= 15 is 0 Å². The van der Waals surface area contributed by atoms with Gasteiger partial charge in [-0.05, 0) is 17.7 Å². The molecule has 0 saturated carbocycles. The minimum Gasteiger partial charge on any atom is -0.387 e. The number of nitrogens with one attached hydrogen (secondary N) is 1. The number of benzene rings is 1. The van der Waals surface area contributed by atoms with Crippen LogP contribution in [0.2, 0.25) is 0 Å². The van der Waals surface area contributed by atoms with Crippen LogP contribution in [0, 0.1) is 5.82 Å². The number of hydrogen-bond donors (Lipinski definition) is 3. The van der Waals surface area contributed by atoms with Gasteiger partial charge in [0.1, 0.15) is 11.7 Å². The molecule has 6 nitrogen and oxygen atoms in total. The van der Waals surface area contributed by atoms with Crippen LogP contribution in [-0.2, 0) is 0 Å². The molecule has 0 saturated heterocycles. The molecule has 1 aliphatic rings. The molecule has 1 unspecified atom stereocenters. The van der Waals surface area contributed by atoms with E-state index in [0.29, 0.717) is 17.8 Å². The average molecular weight is 273 g/mol. The second kappa shape index (κ2) is 4.44. The fourth-order valence-corrected chi connectivity index (χ4v) is 2.36. The lowest BCUT2D eigenvalue weighted by atomic mass is 9.87. The van der Waals surface area contributed by atoms with Gasteiger partial charge in [-0.2, -0.15) is 4.98 Å². The first-order valence-electron chi connectivity index (χ1n) is 6.03. The van der Waals surface area contributed by atoms with Crippen LogP contribution in [0.1, 0.15) is 23.5 Å². The highest BCUT2D eigenvalue weighted by Crippen LogP contribution is 2.34. The number of aromatic amines is 1. The molecule has 20 heavy (non-hydrogen) atoms. The topological polar surface area (TPSA) is 110 Å². The molecule has 2 aromatic rings. The Kier molecular flexibility index (Phi) is 2.74. The molecule has 3 rings (SSSR count). The van der Waals surface area contributed by atoms with Crippen molar-refractivity contribution in [2.75, 3.05) is 5.73 Å². The second-order valence-corrected chi connectivity index (χ2v) is 4.60. The van der Waals surface area contributed by atoms with Gasteiger partial charge < -0.3 is 11.5 Å². The van der Waals surface area contributed by atoms with E-state index in [2.05, 4.69) is 15.0 Å². The van der Waals surface area contributed by atoms with Crippen LogP contribution in [0.5, 0.6) is 0 Å². The van der Waals surface area contributed by atoms with Crippen LogP contribution < -0.4 is 17.0 Å². The first-order chi connectivity index (χ1) is 9.54. The molecule has 1 aromatic carbocycles. The summed E-state index contributed by atoms with van der Waals surface area (Å²) in [6, 6.07) is 5.93. The van der Waals surface area contributed by atoms with Crippen LogP contribution in [0.3, 0.4) is 0 Å². The lowest BCUT2D eigenvalue weighted by molar-refractivity contribution is 0.626. The number of anilines is 1. The first kappa shape index (κ1) is 12.3. The van der Waals surface area contributed by atoms with E-state index in [9.17, 15) is 9.18 Å². The predicted octanol–water partition coefficient (Wildman–Crippen LogP) is 1.02. The van der Waals surface area contributed by atoms with Gasteiger partial charge in [-0.25, -0.2) is 9.38 Å². The number of aliphatic imine (C=N–C) groups is 1. The maximum atomic E-state index is 13.0. The molecule has 1 aromatic heterocycles. The molecule has 1 aliphatic heterocycles. The fraction of sp³-hybridized carbons (Fsp3) is 0.154. The van der Waals surface area contributed by atoms with Crippen LogP contribution in [0.4, 0.5) is 16.2 Å². The summed E-state index contributed by atoms with van der Waals surface area (Å²) in [5.41, 5.74) is 12.1. The molecule has 7 heteroatoms. The Hall–Kier alpha value is -2.70. The smallest absolute Gasteiger partial charge is 0.258 e. The van der Waals surface area contributed by atoms with E-state index in [1.54, 1.807) is 12.1 Å². The summed E-state index contributed by atoms with van der Waals surface area (Å²) in [6.07, 6.45) is 0.382. The number of H-pyrrole nitrogens is 1. The molecule has 0 aliphatic carbocycles. The quantitative estimate of drug-likeness (QED) is 0.720. The standard InChI is InChI=1S/C13H12FN5O/c14-7-3-1-6(2-4-7)8-5-9(15)17-11-10(8)12(20)19-13(16)18-11/h1-4,8H,5H2,(H5,15,16,17,18,19,20). The van der Waals surface area contributed by atoms with E-state index in [1.807, 2.05) is 0 Å². The van der Waals surface area contributed by atoms with Crippen molar-refractivity contribution < 1.29 is 4.39 Å². The van der Waals surface area contributed by atoms with Crippen molar-refractivity contribution in [3.63, 3.8) is 0 Å². The minimum atomic E-state index is -0.349. The number of aromatic nitrogens is 2. The summed E-state index contributed by atoms with van der Waals surface area (Å²) < 4.78 is 13.0. The van der Waals surface area contributed by atoms with Gasteiger partial charge in [0.25, 0.3) is 5.56 Å². The average Bonchev–Trinajstić information content (AvgIpc) is 2.37. The lowest BCUT2D eigenvalue weighted by Gasteiger charge is -2.22. The molecule has 0 bridgehead atoms. The summed E-state index contributed by atoms with van der Waals surface area (Å²) in [6.45, 7) is 0. The molecule has 5 N–H and O–H groups in total. The third-order valence-electron chi connectivity index (χ3n) is 3.24. The van der Waals surface area contributed by atoms with Crippen molar-refractivity contribution in [1.82, 2.24) is 9.97 Å². The molecule has 0 amide bonds. The van der Waals surface area contributed by atoms with Crippen molar-refractivity contribution in [2.24, 2.45) is 10.7 Å². The van der Waals surface area contributed by atoms with Gasteiger partial charge in [0.15, 0.2) is 5.82 Å². The van der Waals surface area contributed by atoms with Crippen LogP contribution in [0.15, 0.2) is 34.1 Å². The van der Waals surface area contributed by atoms with E-state index in [0.717, 1.165) is 5.56 Å². The number of nitrogens with zero attached hydrogens (tertiary/aromatic N) is 2. The highest BCUT2D eigenvalue weighted by atomic mass is 19.1. The van der Waals surface area contributed by atoms with Gasteiger partial charge in [-0.1, -0.05) is 12.1 Å². The Morgan fingerprint density at radius 2 is 1.95 bits per heavy atom. The summed E-state index contributed by atoms with van der Waals surface area (Å²) >= 11 is 0. The van der Waals surface area contributed by atoms with Crippen molar-refractivity contribution in [2.45, 2.75) is 12.3 Å². The highest BCUT2D eigenvalue weighted by Gasteiger charge is 2.27. The SMILES string of the molecule is NC1=Nc2nc(N)[nH]c(=O)c2C(c2ccc(F)cc2)C1. The number of nitrogens with two attached hydrogens (primary N) is 2. The van der Waals surface area contributed by atoms with Gasteiger partial charge in [0, 0.05) is 12.3 Å². The monoisotopic (exact) mass is 273 g/mol. The molecular weight excluding hydrogens is 261 g/mol. The number of amidine groups is 1. The maximum Gasteiger partial charge on any atom is 0.258 e. The second-order valence-electron chi connectivity index (χ2n) is 4.60. The highest BCUT2D eigenvalue weighted by molar-refractivity contribution is 5.86. The Morgan fingerprint density at radius 1 is 1.25 bits per heavy atom. The van der Waals surface area contributed by atoms with Gasteiger partial charge in [-0.3, -0.25) is 9.78 Å². The van der Waals surface area contributed by atoms with Crippen LogP contribution in [0.25, 0.3) is 0 Å². The van der Waals surface area contributed by atoms with Crippen molar-refractivity contribution >= 4 is 17.6 Å². The van der Waals surface area contributed by atoms with Crippen LogP contribution in [-0.4, -0.2) is 15.8 Å². The number of fused-ring (bicyclic) bond motifs is 1. The lowest BCUT2D eigenvalue weighted by Crippen LogP contribution is -2.27. The van der Waals surface area contributed by atoms with E-state index in [-0.39, 0.29) is 29.1 Å². The molecule has 2 heterocycles. The summed E-state index contributed by atoms with van der Waals surface area (Å²) in [4.78, 5) is 22.6. The Balaban J connectivity index is 2.19. The molecule has 0 spiro atoms. The van der Waals surface area contributed by atoms with E-state index in [4.69, 9.17) is 11.5 Å². The predicted molar refractivity (Wildman–Crippen MR) is 73.4 cm³/mol. The van der Waals surface area contributed by atoms with Crippen LogP contribution >= 0.6 is 0 Å².